The highest BCUT2D eigenvalue weighted by atomic mass is 16.7. The summed E-state index contributed by atoms with van der Waals surface area (Å²) in [6.45, 7) is 4.55. The standard InChI is InChI=1S/C39H32O8/c1-4-23(12-25-14-29-20-33(47-39(29)37(16-25)41-3)27-9-11-31-35(18-27)45-22-43-31)6-5-7-24-13-28-19-32(46-38(28)36(15-24)40-2)26-8-10-30-34(17-26)44-21-42-30/h4,6,8-11,13-20H,1,5,7,12,21-22H2,2-3H3/b23-6+. The molecular formula is C39H32O8. The molecule has 0 saturated heterocycles. The van der Waals surface area contributed by atoms with Gasteiger partial charge >= 0.3 is 0 Å². The number of ether oxygens (including phenoxy) is 6. The summed E-state index contributed by atoms with van der Waals surface area (Å²) in [7, 11) is 3.33. The lowest BCUT2D eigenvalue weighted by Crippen LogP contribution is -1.92. The minimum absolute atomic E-state index is 0.229. The Labute approximate surface area is 271 Å². The van der Waals surface area contributed by atoms with Gasteiger partial charge in [-0.3, -0.25) is 0 Å². The number of furan rings is 2. The highest BCUT2D eigenvalue weighted by Gasteiger charge is 2.19. The van der Waals surface area contributed by atoms with Crippen molar-refractivity contribution in [2.75, 3.05) is 27.8 Å². The largest absolute Gasteiger partial charge is 0.493 e. The quantitative estimate of drug-likeness (QED) is 0.139. The third kappa shape index (κ3) is 5.42. The monoisotopic (exact) mass is 628 g/mol. The Bertz CT molecular complexity index is 2180. The first-order chi connectivity index (χ1) is 23.1. The molecule has 0 fully saturated rings. The van der Waals surface area contributed by atoms with Crippen molar-refractivity contribution in [1.29, 1.82) is 0 Å². The predicted octanol–water partition coefficient (Wildman–Crippen LogP) is 9.28. The smallest absolute Gasteiger partial charge is 0.231 e. The van der Waals surface area contributed by atoms with Gasteiger partial charge in [0.1, 0.15) is 11.5 Å². The molecular weight excluding hydrogens is 596 g/mol. The maximum Gasteiger partial charge on any atom is 0.231 e. The molecule has 0 N–H and O–H groups in total. The zero-order chi connectivity index (χ0) is 31.9. The van der Waals surface area contributed by atoms with Crippen molar-refractivity contribution in [1.82, 2.24) is 0 Å². The lowest BCUT2D eigenvalue weighted by Gasteiger charge is -2.08. The molecule has 8 heteroatoms. The molecule has 6 aromatic rings. The van der Waals surface area contributed by atoms with E-state index in [1.54, 1.807) is 14.2 Å². The van der Waals surface area contributed by atoms with Crippen molar-refractivity contribution in [2.45, 2.75) is 19.3 Å². The summed E-state index contributed by atoms with van der Waals surface area (Å²) in [6, 6.07) is 24.1. The summed E-state index contributed by atoms with van der Waals surface area (Å²) in [5.41, 5.74) is 6.65. The molecule has 0 bridgehead atoms. The van der Waals surface area contributed by atoms with Gasteiger partial charge in [-0.25, -0.2) is 0 Å². The zero-order valence-corrected chi connectivity index (χ0v) is 26.1. The SMILES string of the molecule is C=C/C(=C\CCc1cc(OC)c2oc(-c3ccc4c(c3)OCO4)cc2c1)Cc1cc(OC)c2oc(-c3ccc4c(c3)OCO4)cc2c1. The van der Waals surface area contributed by atoms with Crippen LogP contribution < -0.4 is 28.4 Å². The van der Waals surface area contributed by atoms with Gasteiger partial charge in [-0.1, -0.05) is 18.7 Å². The van der Waals surface area contributed by atoms with Gasteiger partial charge in [0.25, 0.3) is 0 Å². The molecule has 2 aliphatic rings. The van der Waals surface area contributed by atoms with Crippen LogP contribution in [0, 0.1) is 0 Å². The van der Waals surface area contributed by atoms with Crippen molar-refractivity contribution >= 4 is 21.9 Å². The van der Waals surface area contributed by atoms with E-state index in [0.717, 1.165) is 85.8 Å². The number of aryl methyl sites for hydroxylation is 1. The van der Waals surface area contributed by atoms with E-state index in [9.17, 15) is 0 Å². The number of benzene rings is 4. The average molecular weight is 629 g/mol. The molecule has 236 valence electrons. The van der Waals surface area contributed by atoms with Crippen LogP contribution in [0.25, 0.3) is 44.6 Å². The number of fused-ring (bicyclic) bond motifs is 4. The summed E-state index contributed by atoms with van der Waals surface area (Å²) in [4.78, 5) is 0. The summed E-state index contributed by atoms with van der Waals surface area (Å²) in [6.07, 6.45) is 6.53. The summed E-state index contributed by atoms with van der Waals surface area (Å²) < 4.78 is 46.0. The lowest BCUT2D eigenvalue weighted by atomic mass is 10.0. The molecule has 2 aromatic heterocycles. The van der Waals surface area contributed by atoms with Crippen molar-refractivity contribution in [3.63, 3.8) is 0 Å². The highest BCUT2D eigenvalue weighted by molar-refractivity contribution is 5.89. The molecule has 0 saturated carbocycles. The van der Waals surface area contributed by atoms with Crippen LogP contribution in [0.15, 0.2) is 106 Å². The fourth-order valence-electron chi connectivity index (χ4n) is 6.18. The first-order valence-electron chi connectivity index (χ1n) is 15.4. The van der Waals surface area contributed by atoms with Gasteiger partial charge in [0.15, 0.2) is 45.7 Å². The molecule has 0 radical (unpaired) electrons. The van der Waals surface area contributed by atoms with Crippen molar-refractivity contribution in [3.05, 3.63) is 108 Å². The van der Waals surface area contributed by atoms with Gasteiger partial charge in [-0.2, -0.15) is 0 Å². The van der Waals surface area contributed by atoms with Crippen molar-refractivity contribution < 1.29 is 37.3 Å². The van der Waals surface area contributed by atoms with E-state index in [0.29, 0.717) is 29.3 Å². The van der Waals surface area contributed by atoms with Crippen LogP contribution in [0.2, 0.25) is 0 Å². The third-order valence-electron chi connectivity index (χ3n) is 8.55. The summed E-state index contributed by atoms with van der Waals surface area (Å²) in [5.74, 6) is 5.79. The zero-order valence-electron chi connectivity index (χ0n) is 26.1. The number of methoxy groups -OCH3 is 2. The Morgan fingerprint density at radius 1 is 0.660 bits per heavy atom. The van der Waals surface area contributed by atoms with E-state index in [-0.39, 0.29) is 13.6 Å². The molecule has 0 aliphatic carbocycles. The maximum absolute atomic E-state index is 6.25. The molecule has 8 rings (SSSR count). The van der Waals surface area contributed by atoms with E-state index in [4.69, 9.17) is 37.3 Å². The van der Waals surface area contributed by atoms with E-state index in [1.807, 2.05) is 66.7 Å². The van der Waals surface area contributed by atoms with Gasteiger partial charge < -0.3 is 37.3 Å². The first-order valence-corrected chi connectivity index (χ1v) is 15.4. The summed E-state index contributed by atoms with van der Waals surface area (Å²) >= 11 is 0. The van der Waals surface area contributed by atoms with Crippen LogP contribution in [0.3, 0.4) is 0 Å². The number of hydrogen-bond donors (Lipinski definition) is 0. The third-order valence-corrected chi connectivity index (χ3v) is 8.55. The fraction of sp³-hybridized carbons (Fsp3) is 0.179. The maximum atomic E-state index is 6.25. The Hall–Kier alpha value is -5.76. The lowest BCUT2D eigenvalue weighted by molar-refractivity contribution is 0.173. The Kier molecular flexibility index (Phi) is 7.25. The van der Waals surface area contributed by atoms with E-state index in [1.165, 1.54) is 0 Å². The molecule has 0 spiro atoms. The minimum Gasteiger partial charge on any atom is -0.493 e. The second kappa shape index (κ2) is 11.9. The van der Waals surface area contributed by atoms with E-state index < -0.39 is 0 Å². The molecule has 8 nitrogen and oxygen atoms in total. The molecule has 47 heavy (non-hydrogen) atoms. The molecule has 2 aliphatic heterocycles. The minimum atomic E-state index is 0.229. The normalized spacial score (nSPS) is 13.4. The summed E-state index contributed by atoms with van der Waals surface area (Å²) in [5, 5.41) is 1.96. The van der Waals surface area contributed by atoms with Gasteiger partial charge in [-0.15, -0.1) is 0 Å². The van der Waals surface area contributed by atoms with E-state index >= 15 is 0 Å². The van der Waals surface area contributed by atoms with Gasteiger partial charge in [0.2, 0.25) is 13.6 Å². The average Bonchev–Trinajstić information content (AvgIpc) is 3.91. The number of allylic oxidation sites excluding steroid dienone is 3. The molecule has 0 atom stereocenters. The van der Waals surface area contributed by atoms with Crippen LogP contribution in [0.5, 0.6) is 34.5 Å². The second-order valence-electron chi connectivity index (χ2n) is 11.5. The van der Waals surface area contributed by atoms with Crippen LogP contribution in [-0.4, -0.2) is 27.8 Å². The molecule has 0 unspecified atom stereocenters. The second-order valence-corrected chi connectivity index (χ2v) is 11.5. The Morgan fingerprint density at radius 2 is 1.19 bits per heavy atom. The van der Waals surface area contributed by atoms with Crippen molar-refractivity contribution in [2.24, 2.45) is 0 Å². The Morgan fingerprint density at radius 3 is 1.74 bits per heavy atom. The molecule has 4 aromatic carbocycles. The topological polar surface area (TPSA) is 81.7 Å². The number of hydrogen-bond acceptors (Lipinski definition) is 8. The first kappa shape index (κ1) is 28.7. The Balaban J connectivity index is 1.00. The van der Waals surface area contributed by atoms with E-state index in [2.05, 4.69) is 24.8 Å². The van der Waals surface area contributed by atoms with Gasteiger partial charge in [0, 0.05) is 21.9 Å². The van der Waals surface area contributed by atoms with Crippen molar-refractivity contribution in [3.8, 4) is 57.1 Å². The van der Waals surface area contributed by atoms with Gasteiger partial charge in [0.05, 0.1) is 14.2 Å². The highest BCUT2D eigenvalue weighted by Crippen LogP contribution is 2.41. The van der Waals surface area contributed by atoms with Gasteiger partial charge in [-0.05, 0) is 109 Å². The van der Waals surface area contributed by atoms with Crippen LogP contribution >= 0.6 is 0 Å². The fourth-order valence-corrected chi connectivity index (χ4v) is 6.18. The molecule has 0 amide bonds. The number of rotatable bonds is 10. The van der Waals surface area contributed by atoms with Crippen LogP contribution in [0.1, 0.15) is 17.5 Å². The predicted molar refractivity (Wildman–Crippen MR) is 179 cm³/mol. The molecule has 4 heterocycles. The van der Waals surface area contributed by atoms with Crippen LogP contribution in [0.4, 0.5) is 0 Å². The van der Waals surface area contributed by atoms with Crippen LogP contribution in [-0.2, 0) is 12.8 Å².